The summed E-state index contributed by atoms with van der Waals surface area (Å²) in [5.41, 5.74) is 4.55. The number of nitrogens with one attached hydrogen (secondary N) is 1. The molecule has 0 aromatic carbocycles. The van der Waals surface area contributed by atoms with Crippen LogP contribution in [0.5, 0.6) is 0 Å². The molecule has 13 heavy (non-hydrogen) atoms. The summed E-state index contributed by atoms with van der Waals surface area (Å²) in [6.07, 6.45) is 1.68. The molecule has 3 nitrogen and oxygen atoms in total. The molecule has 0 aliphatic carbocycles. The number of hydrogen-bond acceptors (Lipinski definition) is 3. The van der Waals surface area contributed by atoms with Crippen LogP contribution in [0.3, 0.4) is 0 Å². The predicted molar refractivity (Wildman–Crippen MR) is 54.1 cm³/mol. The predicted octanol–water partition coefficient (Wildman–Crippen LogP) is 1.82. The van der Waals surface area contributed by atoms with Crippen molar-refractivity contribution in [3.63, 3.8) is 0 Å². The Labute approximate surface area is 82.6 Å². The van der Waals surface area contributed by atoms with E-state index in [1.165, 1.54) is 0 Å². The van der Waals surface area contributed by atoms with Crippen molar-refractivity contribution in [2.45, 2.75) is 13.0 Å². The second-order valence-corrected chi connectivity index (χ2v) is 3.25. The van der Waals surface area contributed by atoms with E-state index >= 15 is 0 Å². The van der Waals surface area contributed by atoms with Gasteiger partial charge in [0.25, 0.3) is 0 Å². The highest BCUT2D eigenvalue weighted by atomic mass is 35.5. The molecule has 0 aliphatic heterocycles. The Balaban J connectivity index is 2.92. The Morgan fingerprint density at radius 2 is 2.38 bits per heavy atom. The number of nitrogens with zero attached hydrogens (tertiary/aromatic N) is 1. The van der Waals surface area contributed by atoms with Gasteiger partial charge in [-0.3, -0.25) is 5.84 Å². The van der Waals surface area contributed by atoms with E-state index in [4.69, 9.17) is 17.4 Å². The summed E-state index contributed by atoms with van der Waals surface area (Å²) < 4.78 is 0. The van der Waals surface area contributed by atoms with E-state index in [-0.39, 0.29) is 6.04 Å². The molecular formula is C9H12ClN3. The smallest absolute Gasteiger partial charge is 0.129 e. The van der Waals surface area contributed by atoms with Crippen LogP contribution < -0.4 is 11.3 Å². The summed E-state index contributed by atoms with van der Waals surface area (Å²) in [5.74, 6) is 5.37. The number of rotatable bonds is 3. The van der Waals surface area contributed by atoms with Crippen molar-refractivity contribution in [1.82, 2.24) is 10.4 Å². The van der Waals surface area contributed by atoms with Gasteiger partial charge in [-0.25, -0.2) is 10.4 Å². The van der Waals surface area contributed by atoms with Crippen molar-refractivity contribution in [3.8, 4) is 0 Å². The largest absolute Gasteiger partial charge is 0.271 e. The average Bonchev–Trinajstić information content (AvgIpc) is 2.09. The quantitative estimate of drug-likeness (QED) is 0.336. The topological polar surface area (TPSA) is 50.9 Å². The second-order valence-electron chi connectivity index (χ2n) is 2.86. The Hall–Kier alpha value is -0.900. The van der Waals surface area contributed by atoms with E-state index in [1.807, 2.05) is 13.0 Å². The first-order valence-electron chi connectivity index (χ1n) is 3.88. The summed E-state index contributed by atoms with van der Waals surface area (Å²) in [6, 6.07) is 3.53. The summed E-state index contributed by atoms with van der Waals surface area (Å²) >= 11 is 5.65. The number of halogens is 1. The Kier molecular flexibility index (Phi) is 3.42. The van der Waals surface area contributed by atoms with E-state index in [0.717, 1.165) is 11.1 Å². The van der Waals surface area contributed by atoms with Crippen molar-refractivity contribution in [1.29, 1.82) is 0 Å². The maximum atomic E-state index is 5.65. The highest BCUT2D eigenvalue weighted by molar-refractivity contribution is 6.29. The molecule has 1 atom stereocenters. The number of pyridine rings is 1. The molecule has 1 aromatic rings. The Morgan fingerprint density at radius 1 is 1.69 bits per heavy atom. The highest BCUT2D eigenvalue weighted by Gasteiger charge is 2.09. The van der Waals surface area contributed by atoms with E-state index in [0.29, 0.717) is 5.15 Å². The third-order valence-electron chi connectivity index (χ3n) is 1.74. The van der Waals surface area contributed by atoms with Gasteiger partial charge in [0, 0.05) is 6.20 Å². The lowest BCUT2D eigenvalue weighted by Crippen LogP contribution is -2.28. The fourth-order valence-corrected chi connectivity index (χ4v) is 1.19. The van der Waals surface area contributed by atoms with Gasteiger partial charge in [-0.05, 0) is 18.6 Å². The van der Waals surface area contributed by atoms with Crippen molar-refractivity contribution in [3.05, 3.63) is 41.2 Å². The molecule has 4 heteroatoms. The van der Waals surface area contributed by atoms with Crippen LogP contribution >= 0.6 is 11.6 Å². The SMILES string of the molecule is C=C(C)C(NN)c1ccc(Cl)nc1. The van der Waals surface area contributed by atoms with Crippen LogP contribution in [0.25, 0.3) is 0 Å². The number of hydrogen-bond donors (Lipinski definition) is 2. The lowest BCUT2D eigenvalue weighted by atomic mass is 10.0. The molecule has 0 saturated heterocycles. The number of hydrazine groups is 1. The zero-order chi connectivity index (χ0) is 9.84. The molecule has 0 amide bonds. The van der Waals surface area contributed by atoms with E-state index in [1.54, 1.807) is 12.3 Å². The first-order valence-corrected chi connectivity index (χ1v) is 4.26. The lowest BCUT2D eigenvalue weighted by Gasteiger charge is -2.15. The fraction of sp³-hybridized carbons (Fsp3) is 0.222. The van der Waals surface area contributed by atoms with Gasteiger partial charge in [0.15, 0.2) is 0 Å². The fourth-order valence-electron chi connectivity index (χ4n) is 1.08. The first-order chi connectivity index (χ1) is 6.15. The van der Waals surface area contributed by atoms with Crippen molar-refractivity contribution in [2.75, 3.05) is 0 Å². The van der Waals surface area contributed by atoms with Crippen molar-refractivity contribution in [2.24, 2.45) is 5.84 Å². The van der Waals surface area contributed by atoms with Gasteiger partial charge in [0.05, 0.1) is 6.04 Å². The number of nitrogens with two attached hydrogens (primary N) is 1. The molecule has 1 unspecified atom stereocenters. The van der Waals surface area contributed by atoms with Gasteiger partial charge in [0.1, 0.15) is 5.15 Å². The molecule has 1 rings (SSSR count). The highest BCUT2D eigenvalue weighted by Crippen LogP contribution is 2.18. The maximum Gasteiger partial charge on any atom is 0.129 e. The van der Waals surface area contributed by atoms with Crippen molar-refractivity contribution < 1.29 is 0 Å². The minimum Gasteiger partial charge on any atom is -0.271 e. The molecule has 70 valence electrons. The van der Waals surface area contributed by atoms with Crippen LogP contribution in [0, 0.1) is 0 Å². The summed E-state index contributed by atoms with van der Waals surface area (Å²) in [7, 11) is 0. The monoisotopic (exact) mass is 197 g/mol. The molecule has 0 aliphatic rings. The first kappa shape index (κ1) is 10.2. The molecule has 0 spiro atoms. The minimum atomic E-state index is -0.0650. The standard InChI is InChI=1S/C9H12ClN3/c1-6(2)9(13-11)7-3-4-8(10)12-5-7/h3-5,9,13H,1,11H2,2H3. The summed E-state index contributed by atoms with van der Waals surface area (Å²) in [5, 5.41) is 0.473. The van der Waals surface area contributed by atoms with Gasteiger partial charge in [-0.2, -0.15) is 0 Å². The normalized spacial score (nSPS) is 12.5. The minimum absolute atomic E-state index is 0.0650. The zero-order valence-corrected chi connectivity index (χ0v) is 8.17. The van der Waals surface area contributed by atoms with Gasteiger partial charge in [-0.15, -0.1) is 0 Å². The van der Waals surface area contributed by atoms with Crippen LogP contribution in [0.4, 0.5) is 0 Å². The summed E-state index contributed by atoms with van der Waals surface area (Å²) in [6.45, 7) is 5.72. The molecule has 3 N–H and O–H groups in total. The Morgan fingerprint density at radius 3 is 2.77 bits per heavy atom. The third kappa shape index (κ3) is 2.52. The average molecular weight is 198 g/mol. The van der Waals surface area contributed by atoms with Crippen LogP contribution in [-0.4, -0.2) is 4.98 Å². The zero-order valence-electron chi connectivity index (χ0n) is 7.42. The molecular weight excluding hydrogens is 186 g/mol. The number of aromatic nitrogens is 1. The van der Waals surface area contributed by atoms with Crippen LogP contribution in [0.1, 0.15) is 18.5 Å². The lowest BCUT2D eigenvalue weighted by molar-refractivity contribution is 0.625. The van der Waals surface area contributed by atoms with Gasteiger partial charge in [-0.1, -0.05) is 29.8 Å². The molecule has 0 bridgehead atoms. The summed E-state index contributed by atoms with van der Waals surface area (Å²) in [4.78, 5) is 3.96. The van der Waals surface area contributed by atoms with Gasteiger partial charge in [0.2, 0.25) is 0 Å². The molecule has 0 radical (unpaired) electrons. The second kappa shape index (κ2) is 4.37. The van der Waals surface area contributed by atoms with Crippen LogP contribution in [0.2, 0.25) is 5.15 Å². The molecule has 1 aromatic heterocycles. The van der Waals surface area contributed by atoms with E-state index in [9.17, 15) is 0 Å². The third-order valence-corrected chi connectivity index (χ3v) is 1.97. The Bertz CT molecular complexity index is 294. The van der Waals surface area contributed by atoms with Crippen molar-refractivity contribution >= 4 is 11.6 Å². The molecule has 0 fully saturated rings. The molecule has 0 saturated carbocycles. The van der Waals surface area contributed by atoms with E-state index < -0.39 is 0 Å². The maximum absolute atomic E-state index is 5.65. The van der Waals surface area contributed by atoms with Gasteiger partial charge < -0.3 is 0 Å². The van der Waals surface area contributed by atoms with Crippen LogP contribution in [-0.2, 0) is 0 Å². The van der Waals surface area contributed by atoms with Gasteiger partial charge >= 0.3 is 0 Å². The van der Waals surface area contributed by atoms with E-state index in [2.05, 4.69) is 17.0 Å². The van der Waals surface area contributed by atoms with Crippen LogP contribution in [0.15, 0.2) is 30.5 Å². The molecule has 1 heterocycles.